The number of oxime groups is 1. The highest BCUT2D eigenvalue weighted by atomic mass is 32.2. The van der Waals surface area contributed by atoms with Crippen LogP contribution >= 0.6 is 0 Å². The highest BCUT2D eigenvalue weighted by Gasteiger charge is 2.66. The molecule has 0 radical (unpaired) electrons. The summed E-state index contributed by atoms with van der Waals surface area (Å²) in [6, 6.07) is 21.0. The Bertz CT molecular complexity index is 2110. The highest BCUT2D eigenvalue weighted by molar-refractivity contribution is 7.91. The van der Waals surface area contributed by atoms with Crippen LogP contribution in [0.25, 0.3) is 11.1 Å². The van der Waals surface area contributed by atoms with Gasteiger partial charge in [0.2, 0.25) is 28.3 Å². The summed E-state index contributed by atoms with van der Waals surface area (Å²) in [5.41, 5.74) is 2.43. The molecule has 1 aliphatic heterocycles. The van der Waals surface area contributed by atoms with Gasteiger partial charge in [0.1, 0.15) is 29.1 Å². The molecule has 3 aliphatic carbocycles. The van der Waals surface area contributed by atoms with Crippen molar-refractivity contribution in [2.75, 3.05) is 20.2 Å². The number of likely N-dealkylation sites (tertiary alicyclic amines) is 1. The van der Waals surface area contributed by atoms with E-state index in [1.54, 1.807) is 7.11 Å². The van der Waals surface area contributed by atoms with Gasteiger partial charge in [-0.05, 0) is 53.9 Å². The second-order valence-corrected chi connectivity index (χ2v) is 18.1. The number of hydrogen-bond acceptors (Lipinski definition) is 9. The Morgan fingerprint density at radius 2 is 1.55 bits per heavy atom. The molecule has 1 saturated heterocycles. The van der Waals surface area contributed by atoms with E-state index >= 15 is 0 Å². The second kappa shape index (κ2) is 15.2. The maximum atomic E-state index is 14.7. The maximum absolute atomic E-state index is 14.7. The van der Waals surface area contributed by atoms with E-state index in [1.165, 1.54) is 4.90 Å². The number of alkyl halides is 2. The molecule has 0 bridgehead atoms. The number of benzene rings is 3. The molecule has 0 aromatic heterocycles. The Kier molecular flexibility index (Phi) is 10.7. The first kappa shape index (κ1) is 39.3. The normalized spacial score (nSPS) is 23.2. The fraction of sp³-hybridized carbons (Fsp3) is 0.463. The zero-order valence-electron chi connectivity index (χ0n) is 31.8. The number of halogens is 2. The van der Waals surface area contributed by atoms with Gasteiger partial charge in [-0.2, -0.15) is 0 Å². The Balaban J connectivity index is 1.16. The molecule has 2 saturated carbocycles. The van der Waals surface area contributed by atoms with Gasteiger partial charge in [0, 0.05) is 24.1 Å². The summed E-state index contributed by atoms with van der Waals surface area (Å²) in [6.07, 6.45) is -3.07. The third kappa shape index (κ3) is 7.75. The van der Waals surface area contributed by atoms with Gasteiger partial charge < -0.3 is 25.1 Å². The average molecular weight is 792 g/mol. The van der Waals surface area contributed by atoms with E-state index in [-0.39, 0.29) is 13.0 Å². The van der Waals surface area contributed by atoms with Gasteiger partial charge in [0.15, 0.2) is 0 Å². The van der Waals surface area contributed by atoms with Gasteiger partial charge >= 0.3 is 0 Å². The van der Waals surface area contributed by atoms with E-state index in [1.807, 2.05) is 98.3 Å². The standard InChI is InChI=1S/C41H47F2N5O7S/c1-40(2,3)35(44-20-19-24-11-5-10-16-33(24)54-4)38(50)48-23-25(55-46-34-29-14-8-6-12-27(29)28-13-7-9-15-30(28)34)21-32(48)37(49)45-41(22-31(41)36(42)43)39(51)47-56(52,53)26-17-18-26/h5-16,25-26,31-32,35-36,44H,17-23H2,1-4H3,(H,45,49)(H,47,51)/t25-,31+,32+,35-,41+/m1/s1. The molecule has 3 fully saturated rings. The number of sulfonamides is 1. The topological polar surface area (TPSA) is 155 Å². The zero-order chi connectivity index (χ0) is 40.0. The smallest absolute Gasteiger partial charge is 0.259 e. The molecule has 3 N–H and O–H groups in total. The van der Waals surface area contributed by atoms with Crippen molar-refractivity contribution in [3.63, 3.8) is 0 Å². The first-order valence-corrected chi connectivity index (χ1v) is 20.4. The molecule has 298 valence electrons. The molecule has 1 heterocycles. The summed E-state index contributed by atoms with van der Waals surface area (Å²) < 4.78 is 61.1. The summed E-state index contributed by atoms with van der Waals surface area (Å²) in [7, 11) is -2.51. The van der Waals surface area contributed by atoms with Gasteiger partial charge in [-0.1, -0.05) is 92.7 Å². The van der Waals surface area contributed by atoms with Crippen molar-refractivity contribution in [3.05, 3.63) is 89.5 Å². The molecule has 0 unspecified atom stereocenters. The molecule has 0 spiro atoms. The van der Waals surface area contributed by atoms with Gasteiger partial charge in [-0.25, -0.2) is 17.2 Å². The molecule has 3 aromatic carbocycles. The van der Waals surface area contributed by atoms with Crippen molar-refractivity contribution in [3.8, 4) is 16.9 Å². The van der Waals surface area contributed by atoms with Crippen molar-refractivity contribution in [2.24, 2.45) is 16.5 Å². The number of carbonyl (C=O) groups excluding carboxylic acids is 3. The lowest BCUT2D eigenvalue weighted by Crippen LogP contribution is -2.60. The fourth-order valence-electron chi connectivity index (χ4n) is 7.81. The van der Waals surface area contributed by atoms with E-state index < -0.39 is 80.9 Å². The minimum Gasteiger partial charge on any atom is -0.496 e. The van der Waals surface area contributed by atoms with Crippen molar-refractivity contribution >= 4 is 33.5 Å². The summed E-state index contributed by atoms with van der Waals surface area (Å²) in [4.78, 5) is 49.8. The van der Waals surface area contributed by atoms with Gasteiger partial charge in [-0.15, -0.1) is 0 Å². The van der Waals surface area contributed by atoms with E-state index in [2.05, 4.69) is 15.8 Å². The van der Waals surface area contributed by atoms with Crippen LogP contribution in [0.15, 0.2) is 78.0 Å². The molecule has 56 heavy (non-hydrogen) atoms. The second-order valence-electron chi connectivity index (χ2n) is 16.1. The predicted molar refractivity (Wildman–Crippen MR) is 206 cm³/mol. The number of methoxy groups -OCH3 is 1. The Hall–Kier alpha value is -4.89. The number of amides is 3. The molecule has 12 nitrogen and oxygen atoms in total. The quantitative estimate of drug-likeness (QED) is 0.159. The molecule has 3 aromatic rings. The van der Waals surface area contributed by atoms with Crippen LogP contribution in [0.4, 0.5) is 8.78 Å². The van der Waals surface area contributed by atoms with E-state index in [0.717, 1.165) is 27.8 Å². The fourth-order valence-corrected chi connectivity index (χ4v) is 9.18. The van der Waals surface area contributed by atoms with E-state index in [9.17, 15) is 31.6 Å². The molecule has 15 heteroatoms. The van der Waals surface area contributed by atoms with Crippen molar-refractivity contribution in [2.45, 2.75) is 88.3 Å². The summed E-state index contributed by atoms with van der Waals surface area (Å²) >= 11 is 0. The van der Waals surface area contributed by atoms with Gasteiger partial charge in [0.05, 0.1) is 30.9 Å². The Labute approximate surface area is 325 Å². The zero-order valence-corrected chi connectivity index (χ0v) is 32.6. The maximum Gasteiger partial charge on any atom is 0.259 e. The molecule has 3 amide bonds. The van der Waals surface area contributed by atoms with Crippen LogP contribution in [0.5, 0.6) is 5.75 Å². The number of rotatable bonds is 14. The first-order valence-electron chi connectivity index (χ1n) is 18.9. The Morgan fingerprint density at radius 1 is 0.946 bits per heavy atom. The SMILES string of the molecule is COc1ccccc1CCN[C@H](C(=O)N1C[C@H](ON=C2c3ccccc3-c3ccccc32)C[C@H]1C(=O)N[C@@]1(C(=O)NS(=O)(=O)C2CC2)C[C@H]1C(F)F)C(C)(C)C. The molecular weight excluding hydrogens is 745 g/mol. The largest absolute Gasteiger partial charge is 0.496 e. The molecule has 7 rings (SSSR count). The number of nitrogens with zero attached hydrogens (tertiary/aromatic N) is 2. The van der Waals surface area contributed by atoms with Crippen molar-refractivity contribution in [1.29, 1.82) is 0 Å². The number of para-hydroxylation sites is 1. The lowest BCUT2D eigenvalue weighted by molar-refractivity contribution is -0.143. The first-order chi connectivity index (χ1) is 26.6. The van der Waals surface area contributed by atoms with Crippen LogP contribution in [0.3, 0.4) is 0 Å². The van der Waals surface area contributed by atoms with Crippen molar-refractivity contribution < 1.29 is 41.2 Å². The minimum absolute atomic E-state index is 0.0624. The molecular formula is C41H47F2N5O7S. The lowest BCUT2D eigenvalue weighted by atomic mass is 9.85. The summed E-state index contributed by atoms with van der Waals surface area (Å²) in [6.45, 7) is 6.00. The molecule has 5 atom stereocenters. The van der Waals surface area contributed by atoms with E-state index in [0.29, 0.717) is 37.3 Å². The van der Waals surface area contributed by atoms with Crippen LogP contribution in [0.1, 0.15) is 63.1 Å². The number of hydrogen-bond donors (Lipinski definition) is 3. The van der Waals surface area contributed by atoms with Crippen LogP contribution in [0, 0.1) is 11.3 Å². The number of ether oxygens (including phenoxy) is 1. The summed E-state index contributed by atoms with van der Waals surface area (Å²) in [5.74, 6) is -3.39. The van der Waals surface area contributed by atoms with Crippen molar-refractivity contribution in [1.82, 2.24) is 20.3 Å². The number of nitrogens with one attached hydrogen (secondary N) is 3. The summed E-state index contributed by atoms with van der Waals surface area (Å²) in [5, 5.41) is 9.65. The average Bonchev–Trinajstić information content (AvgIpc) is 4.08. The monoisotopic (exact) mass is 791 g/mol. The molecule has 4 aliphatic rings. The number of carbonyl (C=O) groups is 3. The predicted octanol–water partition coefficient (Wildman–Crippen LogP) is 4.41. The van der Waals surface area contributed by atoms with E-state index in [4.69, 9.17) is 9.57 Å². The minimum atomic E-state index is -4.10. The van der Waals surface area contributed by atoms with Crippen LogP contribution in [-0.2, 0) is 35.7 Å². The third-order valence-corrected chi connectivity index (χ3v) is 12.9. The van der Waals surface area contributed by atoms with Crippen LogP contribution in [0.2, 0.25) is 0 Å². The lowest BCUT2D eigenvalue weighted by Gasteiger charge is -2.36. The number of fused-ring (bicyclic) bond motifs is 3. The van der Waals surface area contributed by atoms with Crippen LogP contribution < -0.4 is 20.1 Å². The third-order valence-electron chi connectivity index (χ3n) is 11.1. The Morgan fingerprint density at radius 3 is 2.12 bits per heavy atom. The van der Waals surface area contributed by atoms with Gasteiger partial charge in [-0.3, -0.25) is 19.1 Å². The highest BCUT2D eigenvalue weighted by Crippen LogP contribution is 2.48. The van der Waals surface area contributed by atoms with Gasteiger partial charge in [0.25, 0.3) is 5.91 Å². The van der Waals surface area contributed by atoms with Crippen LogP contribution in [-0.4, -0.2) is 92.4 Å².